The Morgan fingerprint density at radius 1 is 1.23 bits per heavy atom. The van der Waals surface area contributed by atoms with Crippen LogP contribution in [0.2, 0.25) is 0 Å². The Bertz CT molecular complexity index is 517. The first-order valence-corrected chi connectivity index (χ1v) is 7.45. The third-order valence-corrected chi connectivity index (χ3v) is 4.18. The van der Waals surface area contributed by atoms with Gasteiger partial charge in [0, 0.05) is 14.2 Å². The number of carbonyl (C=O) groups excluding carboxylic acids is 2. The maximum atomic E-state index is 12.5. The summed E-state index contributed by atoms with van der Waals surface area (Å²) in [4.78, 5) is 25.7. The molecule has 0 spiro atoms. The number of likely N-dealkylation sites (N-methyl/N-ethyl adjacent to an activating group) is 1. The van der Waals surface area contributed by atoms with E-state index in [1.807, 2.05) is 30.3 Å². The number of esters is 1. The number of hydrogen-bond acceptors (Lipinski definition) is 4. The molecule has 0 radical (unpaired) electrons. The molecule has 0 aromatic heterocycles. The van der Waals surface area contributed by atoms with Gasteiger partial charge in [0.25, 0.3) is 0 Å². The van der Waals surface area contributed by atoms with Crippen LogP contribution in [0.3, 0.4) is 0 Å². The van der Waals surface area contributed by atoms with Crippen molar-refractivity contribution in [1.82, 2.24) is 4.90 Å². The molecule has 120 valence electrons. The van der Waals surface area contributed by atoms with E-state index >= 15 is 0 Å². The summed E-state index contributed by atoms with van der Waals surface area (Å²) in [5.74, 6) is -0.820. The molecule has 0 saturated heterocycles. The van der Waals surface area contributed by atoms with Gasteiger partial charge < -0.3 is 14.4 Å². The molecule has 1 aromatic rings. The summed E-state index contributed by atoms with van der Waals surface area (Å²) >= 11 is 0. The van der Waals surface area contributed by atoms with Gasteiger partial charge in [0.2, 0.25) is 5.91 Å². The van der Waals surface area contributed by atoms with Gasteiger partial charge in [-0.25, -0.2) is 0 Å². The number of amides is 1. The molecule has 22 heavy (non-hydrogen) atoms. The highest BCUT2D eigenvalue weighted by Crippen LogP contribution is 2.41. The molecular formula is C17H23NO4. The summed E-state index contributed by atoms with van der Waals surface area (Å²) in [7, 11) is 4.77. The number of benzene rings is 1. The average molecular weight is 305 g/mol. The van der Waals surface area contributed by atoms with Crippen molar-refractivity contribution in [3.8, 4) is 0 Å². The maximum absolute atomic E-state index is 12.5. The van der Waals surface area contributed by atoms with Crippen molar-refractivity contribution in [3.63, 3.8) is 0 Å². The fraction of sp³-hybridized carbons (Fsp3) is 0.529. The van der Waals surface area contributed by atoms with Gasteiger partial charge >= 0.3 is 5.97 Å². The van der Waals surface area contributed by atoms with Crippen molar-refractivity contribution in [2.24, 2.45) is 11.8 Å². The standard InChI is InChI=1S/C17H23NO4/c1-18(16(19)14-10-15(14)17(20)22-3)13(11-21-2)9-12-7-5-4-6-8-12/h4-8,13-15H,9-11H2,1-3H3/t13-,14+,15-/m0/s1. The van der Waals surface area contributed by atoms with Crippen LogP contribution in [0.25, 0.3) is 0 Å². The van der Waals surface area contributed by atoms with Crippen LogP contribution >= 0.6 is 0 Å². The molecule has 0 heterocycles. The van der Waals surface area contributed by atoms with Gasteiger partial charge in [0.1, 0.15) is 0 Å². The molecule has 2 rings (SSSR count). The van der Waals surface area contributed by atoms with Crippen LogP contribution in [0.5, 0.6) is 0 Å². The van der Waals surface area contributed by atoms with Crippen molar-refractivity contribution in [2.45, 2.75) is 18.9 Å². The Morgan fingerprint density at radius 3 is 2.50 bits per heavy atom. The van der Waals surface area contributed by atoms with Gasteiger partial charge in [-0.1, -0.05) is 30.3 Å². The quantitative estimate of drug-likeness (QED) is 0.717. The lowest BCUT2D eigenvalue weighted by molar-refractivity contribution is -0.145. The fourth-order valence-corrected chi connectivity index (χ4v) is 2.71. The molecule has 0 bridgehead atoms. The van der Waals surface area contributed by atoms with Crippen LogP contribution in [-0.4, -0.2) is 50.7 Å². The lowest BCUT2D eigenvalue weighted by Crippen LogP contribution is -2.42. The van der Waals surface area contributed by atoms with E-state index < -0.39 is 0 Å². The number of carbonyl (C=O) groups is 2. The molecule has 1 aliphatic carbocycles. The second-order valence-electron chi connectivity index (χ2n) is 5.72. The Balaban J connectivity index is 1.99. The van der Waals surface area contributed by atoms with Crippen molar-refractivity contribution in [2.75, 3.05) is 27.9 Å². The minimum atomic E-state index is -0.293. The molecule has 1 saturated carbocycles. The molecule has 1 amide bonds. The van der Waals surface area contributed by atoms with Gasteiger partial charge in [-0.05, 0) is 18.4 Å². The van der Waals surface area contributed by atoms with Crippen molar-refractivity contribution < 1.29 is 19.1 Å². The maximum Gasteiger partial charge on any atom is 0.309 e. The molecule has 1 aliphatic rings. The molecule has 1 aromatic carbocycles. The third-order valence-electron chi connectivity index (χ3n) is 4.18. The topological polar surface area (TPSA) is 55.8 Å². The normalized spacial score (nSPS) is 21.0. The largest absolute Gasteiger partial charge is 0.469 e. The molecule has 5 heteroatoms. The van der Waals surface area contributed by atoms with Crippen LogP contribution < -0.4 is 0 Å². The van der Waals surface area contributed by atoms with E-state index in [2.05, 4.69) is 0 Å². The van der Waals surface area contributed by atoms with Crippen LogP contribution in [0.1, 0.15) is 12.0 Å². The van der Waals surface area contributed by atoms with Crippen LogP contribution in [0.4, 0.5) is 0 Å². The number of rotatable bonds is 7. The number of hydrogen-bond donors (Lipinski definition) is 0. The van der Waals surface area contributed by atoms with Crippen LogP contribution in [-0.2, 0) is 25.5 Å². The highest BCUT2D eigenvalue weighted by Gasteiger charge is 2.50. The van der Waals surface area contributed by atoms with E-state index in [1.165, 1.54) is 7.11 Å². The van der Waals surface area contributed by atoms with E-state index in [0.717, 1.165) is 12.0 Å². The van der Waals surface area contributed by atoms with Gasteiger partial charge in [-0.15, -0.1) is 0 Å². The van der Waals surface area contributed by atoms with Crippen molar-refractivity contribution in [1.29, 1.82) is 0 Å². The molecule has 3 atom stereocenters. The first-order valence-electron chi connectivity index (χ1n) is 7.45. The Hall–Kier alpha value is -1.88. The van der Waals surface area contributed by atoms with Crippen LogP contribution in [0, 0.1) is 11.8 Å². The van der Waals surface area contributed by atoms with Crippen molar-refractivity contribution in [3.05, 3.63) is 35.9 Å². The van der Waals surface area contributed by atoms with Crippen molar-refractivity contribution >= 4 is 11.9 Å². The zero-order valence-electron chi connectivity index (χ0n) is 13.3. The summed E-state index contributed by atoms with van der Waals surface area (Å²) in [5, 5.41) is 0. The predicted molar refractivity (Wildman–Crippen MR) is 82.2 cm³/mol. The molecular weight excluding hydrogens is 282 g/mol. The zero-order chi connectivity index (χ0) is 16.1. The second-order valence-corrected chi connectivity index (χ2v) is 5.72. The summed E-state index contributed by atoms with van der Waals surface area (Å²) in [5.41, 5.74) is 1.16. The smallest absolute Gasteiger partial charge is 0.309 e. The Labute approximate surface area is 131 Å². The molecule has 5 nitrogen and oxygen atoms in total. The SMILES string of the molecule is COC[C@H](Cc1ccccc1)N(C)C(=O)[C@@H]1C[C@@H]1C(=O)OC. The first kappa shape index (κ1) is 16.5. The fourth-order valence-electron chi connectivity index (χ4n) is 2.71. The lowest BCUT2D eigenvalue weighted by atomic mass is 10.0. The Morgan fingerprint density at radius 2 is 1.91 bits per heavy atom. The molecule has 0 unspecified atom stereocenters. The average Bonchev–Trinajstić information content (AvgIpc) is 3.34. The number of ether oxygens (including phenoxy) is 2. The third kappa shape index (κ3) is 3.85. The van der Waals surface area contributed by atoms with Gasteiger partial charge in [-0.2, -0.15) is 0 Å². The first-order chi connectivity index (χ1) is 10.6. The summed E-state index contributed by atoms with van der Waals surface area (Å²) in [6.07, 6.45) is 1.31. The molecule has 0 N–H and O–H groups in total. The minimum Gasteiger partial charge on any atom is -0.469 e. The zero-order valence-corrected chi connectivity index (χ0v) is 13.3. The summed E-state index contributed by atoms with van der Waals surface area (Å²) in [6, 6.07) is 9.96. The van der Waals surface area contributed by atoms with E-state index in [0.29, 0.717) is 13.0 Å². The summed E-state index contributed by atoms with van der Waals surface area (Å²) in [6.45, 7) is 0.465. The van der Waals surface area contributed by atoms with Crippen LogP contribution in [0.15, 0.2) is 30.3 Å². The Kier molecular flexibility index (Phi) is 5.55. The minimum absolute atomic E-state index is 0.00613. The highest BCUT2D eigenvalue weighted by atomic mass is 16.5. The van der Waals surface area contributed by atoms with Gasteiger partial charge in [-0.3, -0.25) is 9.59 Å². The summed E-state index contributed by atoms with van der Waals surface area (Å²) < 4.78 is 9.96. The number of nitrogens with zero attached hydrogens (tertiary/aromatic N) is 1. The second kappa shape index (κ2) is 7.40. The van der Waals surface area contributed by atoms with E-state index in [4.69, 9.17) is 9.47 Å². The lowest BCUT2D eigenvalue weighted by Gasteiger charge is -2.28. The van der Waals surface area contributed by atoms with Gasteiger partial charge in [0.05, 0.1) is 31.6 Å². The van der Waals surface area contributed by atoms with Gasteiger partial charge in [0.15, 0.2) is 0 Å². The predicted octanol–water partition coefficient (Wildman–Crippen LogP) is 1.51. The van der Waals surface area contributed by atoms with E-state index in [-0.39, 0.29) is 29.8 Å². The molecule has 1 fully saturated rings. The molecule has 0 aliphatic heterocycles. The van der Waals surface area contributed by atoms with E-state index in [9.17, 15) is 9.59 Å². The number of methoxy groups -OCH3 is 2. The van der Waals surface area contributed by atoms with E-state index in [1.54, 1.807) is 19.1 Å². The highest BCUT2D eigenvalue weighted by molar-refractivity contribution is 5.90. The monoisotopic (exact) mass is 305 g/mol.